The normalized spacial score (nSPS) is 23.5. The third kappa shape index (κ3) is 6.43. The Morgan fingerprint density at radius 1 is 1.28 bits per heavy atom. The molecule has 5 N–H and O–H groups in total. The first-order chi connectivity index (χ1) is 13.5. The van der Waals surface area contributed by atoms with Crippen LogP contribution in [-0.2, 0) is 11.0 Å². The van der Waals surface area contributed by atoms with Crippen LogP contribution >= 0.6 is 0 Å². The first-order valence-electron chi connectivity index (χ1n) is 9.67. The number of hydrogen-bond acceptors (Lipinski definition) is 4. The molecule has 0 spiro atoms. The molecule has 162 valence electrons. The number of benzene rings is 1. The second kappa shape index (κ2) is 9.58. The molecular weight excluding hydrogens is 387 g/mol. The molecule has 1 aliphatic rings. The fraction of sp³-hybridized carbons (Fsp3) is 0.600. The molecule has 1 aromatic rings. The molecule has 2 rings (SSSR count). The number of carbonyl (C=O) groups excluding carboxylic acids is 2. The third-order valence-electron chi connectivity index (χ3n) is 5.27. The van der Waals surface area contributed by atoms with Gasteiger partial charge in [0.05, 0.1) is 18.2 Å². The molecule has 6 nitrogen and oxygen atoms in total. The Labute approximate surface area is 168 Å². The van der Waals surface area contributed by atoms with Crippen molar-refractivity contribution < 1.29 is 27.9 Å². The maximum absolute atomic E-state index is 12.8. The van der Waals surface area contributed by atoms with E-state index in [0.29, 0.717) is 19.3 Å². The Morgan fingerprint density at radius 3 is 2.59 bits per heavy atom. The summed E-state index contributed by atoms with van der Waals surface area (Å²) in [5.74, 6) is -1.42. The van der Waals surface area contributed by atoms with Gasteiger partial charge in [0, 0.05) is 23.6 Å². The molecule has 1 aromatic carbocycles. The van der Waals surface area contributed by atoms with Crippen LogP contribution < -0.4 is 16.4 Å². The number of rotatable bonds is 6. The average molecular weight is 415 g/mol. The summed E-state index contributed by atoms with van der Waals surface area (Å²) >= 11 is 0. The lowest BCUT2D eigenvalue weighted by molar-refractivity contribution is -0.137. The maximum Gasteiger partial charge on any atom is 0.416 e. The van der Waals surface area contributed by atoms with Crippen LogP contribution in [0, 0.1) is 11.8 Å². The highest BCUT2D eigenvalue weighted by atomic mass is 19.4. The monoisotopic (exact) mass is 415 g/mol. The van der Waals surface area contributed by atoms with Crippen LogP contribution in [0.5, 0.6) is 0 Å². The Balaban J connectivity index is 1.94. The predicted molar refractivity (Wildman–Crippen MR) is 102 cm³/mol. The number of halogens is 3. The largest absolute Gasteiger partial charge is 0.416 e. The highest BCUT2D eigenvalue weighted by Gasteiger charge is 2.36. The molecule has 4 atom stereocenters. The fourth-order valence-electron chi connectivity index (χ4n) is 3.65. The summed E-state index contributed by atoms with van der Waals surface area (Å²) in [4.78, 5) is 24.4. The van der Waals surface area contributed by atoms with Gasteiger partial charge in [0.15, 0.2) is 0 Å². The summed E-state index contributed by atoms with van der Waals surface area (Å²) in [7, 11) is 0. The second-order valence-electron chi connectivity index (χ2n) is 7.91. The topological polar surface area (TPSA) is 104 Å². The molecule has 0 saturated heterocycles. The SMILES string of the molecule is CC(C)[C@H](O)[C@H]1C[C@H](N)CC[C@@H]1NC(=O)CNC(=O)c1cccc(C(F)(F)F)c1. The molecule has 1 aliphatic carbocycles. The number of carbonyl (C=O) groups is 2. The number of hydrogen-bond donors (Lipinski definition) is 4. The molecule has 1 saturated carbocycles. The van der Waals surface area contributed by atoms with Crippen LogP contribution in [-0.4, -0.2) is 41.7 Å². The molecule has 0 unspecified atom stereocenters. The fourth-order valence-corrected chi connectivity index (χ4v) is 3.65. The maximum atomic E-state index is 12.8. The highest BCUT2D eigenvalue weighted by molar-refractivity contribution is 5.96. The van der Waals surface area contributed by atoms with Gasteiger partial charge in [0.1, 0.15) is 0 Å². The van der Waals surface area contributed by atoms with E-state index < -0.39 is 29.7 Å². The van der Waals surface area contributed by atoms with Crippen LogP contribution in [0.25, 0.3) is 0 Å². The van der Waals surface area contributed by atoms with Crippen molar-refractivity contribution in [3.05, 3.63) is 35.4 Å². The van der Waals surface area contributed by atoms with Gasteiger partial charge < -0.3 is 21.5 Å². The molecule has 0 aliphatic heterocycles. The van der Waals surface area contributed by atoms with Gasteiger partial charge in [-0.2, -0.15) is 13.2 Å². The quantitative estimate of drug-likeness (QED) is 0.571. The first-order valence-corrected chi connectivity index (χ1v) is 9.67. The number of aliphatic hydroxyl groups excluding tert-OH is 1. The lowest BCUT2D eigenvalue weighted by atomic mass is 9.76. The first kappa shape index (κ1) is 23.2. The lowest BCUT2D eigenvalue weighted by Crippen LogP contribution is -2.53. The number of nitrogens with two attached hydrogens (primary N) is 1. The Bertz CT molecular complexity index is 724. The van der Waals surface area contributed by atoms with Crippen molar-refractivity contribution in [2.75, 3.05) is 6.54 Å². The number of amides is 2. The molecule has 2 amide bonds. The summed E-state index contributed by atoms with van der Waals surface area (Å²) in [6, 6.07) is 3.69. The van der Waals surface area contributed by atoms with Gasteiger partial charge in [-0.1, -0.05) is 19.9 Å². The molecule has 0 heterocycles. The number of nitrogens with one attached hydrogen (secondary N) is 2. The zero-order chi connectivity index (χ0) is 21.8. The van der Waals surface area contributed by atoms with Crippen molar-refractivity contribution in [3.8, 4) is 0 Å². The summed E-state index contributed by atoms with van der Waals surface area (Å²) in [6.45, 7) is 3.40. The minimum Gasteiger partial charge on any atom is -0.392 e. The lowest BCUT2D eigenvalue weighted by Gasteiger charge is -2.39. The van der Waals surface area contributed by atoms with Gasteiger partial charge in [-0.05, 0) is 43.4 Å². The minimum absolute atomic E-state index is 0.00492. The Kier molecular flexibility index (Phi) is 7.65. The molecule has 0 bridgehead atoms. The van der Waals surface area contributed by atoms with Crippen molar-refractivity contribution in [3.63, 3.8) is 0 Å². The van der Waals surface area contributed by atoms with Gasteiger partial charge in [0.2, 0.25) is 5.91 Å². The van der Waals surface area contributed by atoms with Crippen molar-refractivity contribution in [1.29, 1.82) is 0 Å². The molecular formula is C20H28F3N3O3. The summed E-state index contributed by atoms with van der Waals surface area (Å²) < 4.78 is 38.3. The Hall–Kier alpha value is -2.13. The van der Waals surface area contributed by atoms with E-state index in [1.165, 1.54) is 6.07 Å². The van der Waals surface area contributed by atoms with E-state index in [0.717, 1.165) is 18.2 Å². The van der Waals surface area contributed by atoms with Gasteiger partial charge in [-0.3, -0.25) is 9.59 Å². The zero-order valence-corrected chi connectivity index (χ0v) is 16.5. The van der Waals surface area contributed by atoms with Crippen molar-refractivity contribution in [2.45, 2.75) is 57.5 Å². The van der Waals surface area contributed by atoms with E-state index in [2.05, 4.69) is 10.6 Å². The number of alkyl halides is 3. The highest BCUT2D eigenvalue weighted by Crippen LogP contribution is 2.30. The zero-order valence-electron chi connectivity index (χ0n) is 16.5. The molecule has 9 heteroatoms. The van der Waals surface area contributed by atoms with E-state index in [9.17, 15) is 27.9 Å². The van der Waals surface area contributed by atoms with Gasteiger partial charge in [-0.25, -0.2) is 0 Å². The molecule has 0 aromatic heterocycles. The van der Waals surface area contributed by atoms with E-state index >= 15 is 0 Å². The second-order valence-corrected chi connectivity index (χ2v) is 7.91. The van der Waals surface area contributed by atoms with E-state index in [1.54, 1.807) is 0 Å². The van der Waals surface area contributed by atoms with Gasteiger partial charge >= 0.3 is 6.18 Å². The van der Waals surface area contributed by atoms with Gasteiger partial charge in [-0.15, -0.1) is 0 Å². The smallest absolute Gasteiger partial charge is 0.392 e. The van der Waals surface area contributed by atoms with Crippen LogP contribution in [0.3, 0.4) is 0 Å². The van der Waals surface area contributed by atoms with E-state index in [4.69, 9.17) is 5.73 Å². The molecule has 1 fully saturated rings. The van der Waals surface area contributed by atoms with Crippen molar-refractivity contribution >= 4 is 11.8 Å². The van der Waals surface area contributed by atoms with Gasteiger partial charge in [0.25, 0.3) is 5.91 Å². The van der Waals surface area contributed by atoms with Crippen molar-refractivity contribution in [1.82, 2.24) is 10.6 Å². The predicted octanol–water partition coefficient (Wildman–Crippen LogP) is 2.06. The molecule has 29 heavy (non-hydrogen) atoms. The summed E-state index contributed by atoms with van der Waals surface area (Å²) in [5.41, 5.74) is 4.89. The van der Waals surface area contributed by atoms with Crippen LogP contribution in [0.15, 0.2) is 24.3 Å². The standard InChI is InChI=1S/C20H28F3N3O3/c1-11(2)18(28)15-9-14(24)6-7-16(15)26-17(27)10-25-19(29)12-4-3-5-13(8-12)20(21,22)23/h3-5,8,11,14-16,18,28H,6-7,9-10,24H2,1-2H3,(H,25,29)(H,26,27)/t14-,15+,16+,18+/m1/s1. The van der Waals surface area contributed by atoms with Crippen molar-refractivity contribution in [2.24, 2.45) is 17.6 Å². The minimum atomic E-state index is -4.55. The van der Waals surface area contributed by atoms with Crippen LogP contribution in [0.4, 0.5) is 13.2 Å². The number of aliphatic hydroxyl groups is 1. The Morgan fingerprint density at radius 2 is 1.97 bits per heavy atom. The average Bonchev–Trinajstić information content (AvgIpc) is 2.66. The summed E-state index contributed by atoms with van der Waals surface area (Å²) in [5, 5.41) is 15.6. The summed E-state index contributed by atoms with van der Waals surface area (Å²) in [6.07, 6.45) is -3.26. The van der Waals surface area contributed by atoms with Crippen LogP contribution in [0.1, 0.15) is 49.0 Å². The molecule has 0 radical (unpaired) electrons. The third-order valence-corrected chi connectivity index (χ3v) is 5.27. The van der Waals surface area contributed by atoms with Crippen LogP contribution in [0.2, 0.25) is 0 Å². The van der Waals surface area contributed by atoms with E-state index in [-0.39, 0.29) is 36.0 Å². The van der Waals surface area contributed by atoms with E-state index in [1.807, 2.05) is 13.8 Å².